The molecular formula is C17H20N4O2. The van der Waals surface area contributed by atoms with Gasteiger partial charge in [0.2, 0.25) is 11.8 Å². The van der Waals surface area contributed by atoms with Gasteiger partial charge in [0, 0.05) is 18.2 Å². The third-order valence-electron chi connectivity index (χ3n) is 4.90. The second-order valence-electron chi connectivity index (χ2n) is 6.69. The Bertz CT molecular complexity index is 716. The lowest BCUT2D eigenvalue weighted by Crippen LogP contribution is -2.15. The van der Waals surface area contributed by atoms with E-state index in [1.807, 2.05) is 31.2 Å². The summed E-state index contributed by atoms with van der Waals surface area (Å²) in [4.78, 5) is 16.5. The van der Waals surface area contributed by atoms with Crippen LogP contribution >= 0.6 is 0 Å². The first-order valence-electron chi connectivity index (χ1n) is 8.04. The van der Waals surface area contributed by atoms with Gasteiger partial charge in [-0.15, -0.1) is 0 Å². The van der Waals surface area contributed by atoms with Gasteiger partial charge in [-0.05, 0) is 43.9 Å². The van der Waals surface area contributed by atoms with Crippen LogP contribution in [0.5, 0.6) is 0 Å². The molecule has 1 aliphatic carbocycles. The first-order valence-corrected chi connectivity index (χ1v) is 8.04. The molecule has 1 aromatic heterocycles. The van der Waals surface area contributed by atoms with Gasteiger partial charge >= 0.3 is 0 Å². The SMILES string of the molecule is Cc1ccc(NC(=O)Cc2noc(C3CC34CCNC4)n2)cc1. The number of hydrogen-bond donors (Lipinski definition) is 2. The number of rotatable bonds is 4. The molecule has 1 aliphatic heterocycles. The molecule has 2 fully saturated rings. The molecule has 2 aliphatic rings. The zero-order valence-electron chi connectivity index (χ0n) is 13.1. The molecular weight excluding hydrogens is 292 g/mol. The highest BCUT2D eigenvalue weighted by Crippen LogP contribution is 2.62. The Balaban J connectivity index is 1.36. The van der Waals surface area contributed by atoms with Crippen LogP contribution in [0, 0.1) is 12.3 Å². The zero-order valence-corrected chi connectivity index (χ0v) is 13.1. The Morgan fingerprint density at radius 2 is 2.26 bits per heavy atom. The van der Waals surface area contributed by atoms with Crippen LogP contribution in [0.3, 0.4) is 0 Å². The van der Waals surface area contributed by atoms with Crippen molar-refractivity contribution in [2.75, 3.05) is 18.4 Å². The molecule has 0 radical (unpaired) electrons. The van der Waals surface area contributed by atoms with Crippen LogP contribution in [0.15, 0.2) is 28.8 Å². The Kier molecular flexibility index (Phi) is 3.41. The number of hydrogen-bond acceptors (Lipinski definition) is 5. The maximum atomic E-state index is 12.1. The zero-order chi connectivity index (χ0) is 15.9. The molecule has 1 spiro atoms. The average molecular weight is 312 g/mol. The summed E-state index contributed by atoms with van der Waals surface area (Å²) in [5.41, 5.74) is 2.27. The molecule has 23 heavy (non-hydrogen) atoms. The third kappa shape index (κ3) is 2.86. The molecule has 2 heterocycles. The van der Waals surface area contributed by atoms with Gasteiger partial charge in [0.25, 0.3) is 0 Å². The molecule has 120 valence electrons. The van der Waals surface area contributed by atoms with Crippen LogP contribution in [-0.4, -0.2) is 29.1 Å². The molecule has 1 saturated carbocycles. The van der Waals surface area contributed by atoms with Crippen molar-refractivity contribution in [2.45, 2.75) is 32.1 Å². The largest absolute Gasteiger partial charge is 0.339 e. The van der Waals surface area contributed by atoms with Gasteiger partial charge in [0.1, 0.15) is 0 Å². The third-order valence-corrected chi connectivity index (χ3v) is 4.90. The predicted octanol–water partition coefficient (Wildman–Crippen LogP) is 2.03. The summed E-state index contributed by atoms with van der Waals surface area (Å²) in [5.74, 6) is 1.37. The summed E-state index contributed by atoms with van der Waals surface area (Å²) < 4.78 is 5.37. The minimum absolute atomic E-state index is 0.130. The average Bonchev–Trinajstić information content (AvgIpc) is 2.88. The van der Waals surface area contributed by atoms with E-state index in [0.717, 1.165) is 30.8 Å². The van der Waals surface area contributed by atoms with Gasteiger partial charge in [0.15, 0.2) is 5.82 Å². The van der Waals surface area contributed by atoms with Crippen LogP contribution in [0.2, 0.25) is 0 Å². The second kappa shape index (κ2) is 5.45. The Morgan fingerprint density at radius 3 is 3.00 bits per heavy atom. The van der Waals surface area contributed by atoms with Gasteiger partial charge in [-0.3, -0.25) is 4.79 Å². The van der Waals surface area contributed by atoms with E-state index >= 15 is 0 Å². The Morgan fingerprint density at radius 1 is 1.43 bits per heavy atom. The van der Waals surface area contributed by atoms with Crippen molar-refractivity contribution in [1.82, 2.24) is 15.5 Å². The summed E-state index contributed by atoms with van der Waals surface area (Å²) in [6.45, 7) is 4.11. The molecule has 6 nitrogen and oxygen atoms in total. The molecule has 4 rings (SSSR count). The van der Waals surface area contributed by atoms with E-state index in [-0.39, 0.29) is 12.3 Å². The normalized spacial score (nSPS) is 25.7. The van der Waals surface area contributed by atoms with Gasteiger partial charge in [0.05, 0.1) is 6.42 Å². The van der Waals surface area contributed by atoms with Crippen LogP contribution < -0.4 is 10.6 Å². The highest BCUT2D eigenvalue weighted by Gasteiger charge is 2.58. The number of amides is 1. The molecule has 6 heteroatoms. The summed E-state index contributed by atoms with van der Waals surface area (Å²) in [6.07, 6.45) is 2.41. The number of carbonyl (C=O) groups excluding carboxylic acids is 1. The van der Waals surface area contributed by atoms with E-state index in [0.29, 0.717) is 23.0 Å². The van der Waals surface area contributed by atoms with E-state index < -0.39 is 0 Å². The van der Waals surface area contributed by atoms with Crippen molar-refractivity contribution < 1.29 is 9.32 Å². The van der Waals surface area contributed by atoms with Crippen molar-refractivity contribution in [3.05, 3.63) is 41.5 Å². The molecule has 2 aromatic rings. The quantitative estimate of drug-likeness (QED) is 0.903. The first kappa shape index (κ1) is 14.4. The highest BCUT2D eigenvalue weighted by molar-refractivity contribution is 5.91. The minimum Gasteiger partial charge on any atom is -0.339 e. The summed E-state index contributed by atoms with van der Waals surface area (Å²) in [5, 5.41) is 10.2. The van der Waals surface area contributed by atoms with Crippen molar-refractivity contribution in [3.8, 4) is 0 Å². The molecule has 2 unspecified atom stereocenters. The monoisotopic (exact) mass is 312 g/mol. The van der Waals surface area contributed by atoms with E-state index in [1.165, 1.54) is 6.42 Å². The number of nitrogens with zero attached hydrogens (tertiary/aromatic N) is 2. The molecule has 0 bridgehead atoms. The van der Waals surface area contributed by atoms with Gasteiger partial charge in [-0.25, -0.2) is 0 Å². The number of nitrogens with one attached hydrogen (secondary N) is 2. The fraction of sp³-hybridized carbons (Fsp3) is 0.471. The highest BCUT2D eigenvalue weighted by atomic mass is 16.5. The smallest absolute Gasteiger partial charge is 0.232 e. The van der Waals surface area contributed by atoms with Crippen LogP contribution in [0.25, 0.3) is 0 Å². The predicted molar refractivity (Wildman–Crippen MR) is 85.1 cm³/mol. The second-order valence-corrected chi connectivity index (χ2v) is 6.69. The maximum absolute atomic E-state index is 12.1. The number of carbonyl (C=O) groups is 1. The van der Waals surface area contributed by atoms with Gasteiger partial charge in [-0.2, -0.15) is 4.98 Å². The number of aromatic nitrogens is 2. The topological polar surface area (TPSA) is 80.0 Å². The van der Waals surface area contributed by atoms with Crippen molar-refractivity contribution in [3.63, 3.8) is 0 Å². The van der Waals surface area contributed by atoms with Crippen molar-refractivity contribution >= 4 is 11.6 Å². The molecule has 1 amide bonds. The number of benzene rings is 1. The molecule has 2 N–H and O–H groups in total. The minimum atomic E-state index is -0.130. The molecule has 2 atom stereocenters. The van der Waals surface area contributed by atoms with E-state index in [9.17, 15) is 4.79 Å². The summed E-state index contributed by atoms with van der Waals surface area (Å²) >= 11 is 0. The van der Waals surface area contributed by atoms with E-state index in [1.54, 1.807) is 0 Å². The lowest BCUT2D eigenvalue weighted by atomic mass is 10.0. The van der Waals surface area contributed by atoms with Crippen molar-refractivity contribution in [2.24, 2.45) is 5.41 Å². The van der Waals surface area contributed by atoms with Crippen molar-refractivity contribution in [1.29, 1.82) is 0 Å². The lowest BCUT2D eigenvalue weighted by molar-refractivity contribution is -0.115. The fourth-order valence-corrected chi connectivity index (χ4v) is 3.40. The molecule has 1 aromatic carbocycles. The Labute approximate surface area is 134 Å². The Hall–Kier alpha value is -2.21. The van der Waals surface area contributed by atoms with E-state index in [4.69, 9.17) is 4.52 Å². The van der Waals surface area contributed by atoms with Gasteiger partial charge < -0.3 is 15.2 Å². The van der Waals surface area contributed by atoms with Crippen LogP contribution in [0.1, 0.15) is 36.0 Å². The summed E-state index contributed by atoms with van der Waals surface area (Å²) in [6, 6.07) is 7.69. The van der Waals surface area contributed by atoms with E-state index in [2.05, 4.69) is 20.8 Å². The van der Waals surface area contributed by atoms with Gasteiger partial charge in [-0.1, -0.05) is 22.9 Å². The fourth-order valence-electron chi connectivity index (χ4n) is 3.40. The number of aryl methyl sites for hydroxylation is 1. The number of anilines is 1. The molecule has 1 saturated heterocycles. The first-order chi connectivity index (χ1) is 11.1. The summed E-state index contributed by atoms with van der Waals surface area (Å²) in [7, 11) is 0. The maximum Gasteiger partial charge on any atom is 0.232 e. The standard InChI is InChI=1S/C17H20N4O2/c1-11-2-4-12(5-3-11)19-15(22)8-14-20-16(23-21-14)13-9-17(13)6-7-18-10-17/h2-5,13,18H,6-10H2,1H3,(H,19,22). The van der Waals surface area contributed by atoms with Crippen LogP contribution in [-0.2, 0) is 11.2 Å². The lowest BCUT2D eigenvalue weighted by Gasteiger charge is -2.03. The van der Waals surface area contributed by atoms with Crippen LogP contribution in [0.4, 0.5) is 5.69 Å².